The lowest BCUT2D eigenvalue weighted by Crippen LogP contribution is -2.27. The number of hydrogen-bond donors (Lipinski definition) is 2. The van der Waals surface area contributed by atoms with E-state index in [0.29, 0.717) is 13.1 Å². The Morgan fingerprint density at radius 1 is 1.32 bits per heavy atom. The average Bonchev–Trinajstić information content (AvgIpc) is 2.89. The number of benzene rings is 1. The van der Waals surface area contributed by atoms with Crippen LogP contribution in [0, 0.1) is 18.6 Å². The van der Waals surface area contributed by atoms with Gasteiger partial charge in [0.2, 0.25) is 0 Å². The number of halogens is 2. The van der Waals surface area contributed by atoms with Gasteiger partial charge in [0.1, 0.15) is 11.6 Å². The lowest BCUT2D eigenvalue weighted by Gasteiger charge is -2.22. The molecule has 2 rings (SSSR count). The molecule has 1 aromatic heterocycles. The molecule has 0 radical (unpaired) electrons. The summed E-state index contributed by atoms with van der Waals surface area (Å²) >= 11 is 0. The number of nitrogens with one attached hydrogen (secondary N) is 1. The van der Waals surface area contributed by atoms with E-state index in [4.69, 9.17) is 4.74 Å². The number of aryl methyl sites for hydroxylation is 1. The van der Waals surface area contributed by atoms with Crippen molar-refractivity contribution in [2.24, 2.45) is 0 Å². The van der Waals surface area contributed by atoms with Crippen molar-refractivity contribution in [3.05, 3.63) is 47.0 Å². The second-order valence-corrected chi connectivity index (χ2v) is 4.97. The smallest absolute Gasteiger partial charge is 0.167 e. The van der Waals surface area contributed by atoms with E-state index in [1.165, 1.54) is 13.2 Å². The molecule has 0 aliphatic carbocycles. The number of H-pyrrole nitrogens is 1. The maximum Gasteiger partial charge on any atom is 0.167 e. The Kier molecular flexibility index (Phi) is 5.46. The summed E-state index contributed by atoms with van der Waals surface area (Å²) < 4.78 is 32.6. The van der Waals surface area contributed by atoms with E-state index in [1.807, 2.05) is 6.92 Å². The van der Waals surface area contributed by atoms with Gasteiger partial charge < -0.3 is 14.8 Å². The van der Waals surface area contributed by atoms with E-state index in [9.17, 15) is 13.9 Å². The average molecular weight is 311 g/mol. The second-order valence-electron chi connectivity index (χ2n) is 4.97. The SMILES string of the molecule is COc1ccc(F)c(F)c1CN(CCO)Cc1cnc(C)[nH]1. The number of aliphatic hydroxyl groups excluding tert-OH is 1. The Balaban J connectivity index is 2.22. The molecule has 2 N–H and O–H groups in total. The lowest BCUT2D eigenvalue weighted by molar-refractivity contribution is 0.179. The Bertz CT molecular complexity index is 631. The number of aliphatic hydroxyl groups is 1. The number of ether oxygens (including phenoxy) is 1. The first kappa shape index (κ1) is 16.4. The molecule has 0 aliphatic rings. The summed E-state index contributed by atoms with van der Waals surface area (Å²) in [7, 11) is 1.41. The number of aromatic nitrogens is 2. The fourth-order valence-electron chi connectivity index (χ4n) is 2.29. The van der Waals surface area contributed by atoms with Gasteiger partial charge in [0.25, 0.3) is 0 Å². The van der Waals surface area contributed by atoms with E-state index in [0.717, 1.165) is 17.6 Å². The van der Waals surface area contributed by atoms with Gasteiger partial charge >= 0.3 is 0 Å². The van der Waals surface area contributed by atoms with Crippen molar-refractivity contribution in [3.8, 4) is 5.75 Å². The first-order chi connectivity index (χ1) is 10.5. The van der Waals surface area contributed by atoms with Crippen LogP contribution in [0.2, 0.25) is 0 Å². The van der Waals surface area contributed by atoms with Gasteiger partial charge in [-0.05, 0) is 19.1 Å². The molecule has 0 saturated carbocycles. The molecular formula is C15H19F2N3O2. The highest BCUT2D eigenvalue weighted by molar-refractivity contribution is 5.35. The van der Waals surface area contributed by atoms with Gasteiger partial charge in [0.05, 0.1) is 13.7 Å². The van der Waals surface area contributed by atoms with E-state index >= 15 is 0 Å². The summed E-state index contributed by atoms with van der Waals surface area (Å²) in [4.78, 5) is 8.96. The van der Waals surface area contributed by atoms with Crippen molar-refractivity contribution in [2.45, 2.75) is 20.0 Å². The van der Waals surface area contributed by atoms with Crippen molar-refractivity contribution < 1.29 is 18.6 Å². The minimum absolute atomic E-state index is 0.0909. The maximum atomic E-state index is 14.0. The molecule has 120 valence electrons. The third-order valence-electron chi connectivity index (χ3n) is 3.32. The molecule has 2 aromatic rings. The van der Waals surface area contributed by atoms with Crippen LogP contribution < -0.4 is 4.74 Å². The molecule has 0 bridgehead atoms. The molecule has 0 amide bonds. The summed E-state index contributed by atoms with van der Waals surface area (Å²) in [6.07, 6.45) is 1.68. The zero-order valence-electron chi connectivity index (χ0n) is 12.6. The van der Waals surface area contributed by atoms with Crippen molar-refractivity contribution in [3.63, 3.8) is 0 Å². The zero-order chi connectivity index (χ0) is 16.1. The lowest BCUT2D eigenvalue weighted by atomic mass is 10.1. The number of methoxy groups -OCH3 is 1. The quantitative estimate of drug-likeness (QED) is 0.821. The summed E-state index contributed by atoms with van der Waals surface area (Å²) in [5.41, 5.74) is 0.967. The van der Waals surface area contributed by atoms with Gasteiger partial charge in [-0.3, -0.25) is 4.90 Å². The second kappa shape index (κ2) is 7.33. The van der Waals surface area contributed by atoms with Crippen LogP contribution in [0.1, 0.15) is 17.1 Å². The van der Waals surface area contributed by atoms with Crippen LogP contribution in [-0.4, -0.2) is 40.2 Å². The van der Waals surface area contributed by atoms with E-state index in [2.05, 4.69) is 9.97 Å². The molecule has 5 nitrogen and oxygen atoms in total. The van der Waals surface area contributed by atoms with Crippen LogP contribution in [-0.2, 0) is 13.1 Å². The monoisotopic (exact) mass is 311 g/mol. The third-order valence-corrected chi connectivity index (χ3v) is 3.32. The normalized spacial score (nSPS) is 11.2. The summed E-state index contributed by atoms with van der Waals surface area (Å²) in [5.74, 6) is -0.795. The fraction of sp³-hybridized carbons (Fsp3) is 0.400. The van der Waals surface area contributed by atoms with Gasteiger partial charge in [0.15, 0.2) is 11.6 Å². The van der Waals surface area contributed by atoms with Crippen LogP contribution in [0.25, 0.3) is 0 Å². The standard InChI is InChI=1S/C15H19F2N3O2/c1-10-18-7-11(19-10)8-20(5-6-21)9-12-14(22-2)4-3-13(16)15(12)17/h3-4,7,21H,5-6,8-9H2,1-2H3,(H,18,19). The predicted octanol–water partition coefficient (Wildman–Crippen LogP) is 2.00. The van der Waals surface area contributed by atoms with Gasteiger partial charge in [-0.1, -0.05) is 0 Å². The molecule has 0 unspecified atom stereocenters. The fourth-order valence-corrected chi connectivity index (χ4v) is 2.29. The van der Waals surface area contributed by atoms with Gasteiger partial charge in [-0.2, -0.15) is 0 Å². The molecule has 0 aliphatic heterocycles. The van der Waals surface area contributed by atoms with Crippen molar-refractivity contribution in [1.29, 1.82) is 0 Å². The van der Waals surface area contributed by atoms with E-state index in [1.54, 1.807) is 11.1 Å². The number of rotatable bonds is 7. The largest absolute Gasteiger partial charge is 0.496 e. The van der Waals surface area contributed by atoms with Crippen LogP contribution in [0.4, 0.5) is 8.78 Å². The maximum absolute atomic E-state index is 14.0. The van der Waals surface area contributed by atoms with Crippen molar-refractivity contribution in [2.75, 3.05) is 20.3 Å². The minimum Gasteiger partial charge on any atom is -0.496 e. The first-order valence-electron chi connectivity index (χ1n) is 6.89. The highest BCUT2D eigenvalue weighted by Gasteiger charge is 2.18. The molecule has 1 heterocycles. The molecule has 1 aromatic carbocycles. The summed E-state index contributed by atoms with van der Waals surface area (Å²) in [5, 5.41) is 9.18. The van der Waals surface area contributed by atoms with Crippen LogP contribution in [0.15, 0.2) is 18.3 Å². The topological polar surface area (TPSA) is 61.4 Å². The highest BCUT2D eigenvalue weighted by Crippen LogP contribution is 2.25. The van der Waals surface area contributed by atoms with Gasteiger partial charge in [-0.15, -0.1) is 0 Å². The molecular weight excluding hydrogens is 292 g/mol. The molecule has 22 heavy (non-hydrogen) atoms. The summed E-state index contributed by atoms with van der Waals surface area (Å²) in [6, 6.07) is 2.43. The van der Waals surface area contributed by atoms with E-state index < -0.39 is 11.6 Å². The number of hydrogen-bond acceptors (Lipinski definition) is 4. The molecule has 0 spiro atoms. The Labute approximate surface area is 127 Å². The summed E-state index contributed by atoms with van der Waals surface area (Å²) in [6.45, 7) is 2.60. The zero-order valence-corrected chi connectivity index (χ0v) is 12.6. The van der Waals surface area contributed by atoms with Crippen molar-refractivity contribution in [1.82, 2.24) is 14.9 Å². The van der Waals surface area contributed by atoms with Crippen LogP contribution in [0.5, 0.6) is 5.75 Å². The number of nitrogens with zero attached hydrogens (tertiary/aromatic N) is 2. The van der Waals surface area contributed by atoms with Gasteiger partial charge in [-0.25, -0.2) is 13.8 Å². The third kappa shape index (κ3) is 3.80. The first-order valence-corrected chi connectivity index (χ1v) is 6.89. The molecule has 0 saturated heterocycles. The number of imidazole rings is 1. The van der Waals surface area contributed by atoms with E-state index in [-0.39, 0.29) is 24.5 Å². The minimum atomic E-state index is -0.928. The Morgan fingerprint density at radius 3 is 2.68 bits per heavy atom. The van der Waals surface area contributed by atoms with Gasteiger partial charge in [0, 0.05) is 37.1 Å². The number of aromatic amines is 1. The Hall–Kier alpha value is -1.99. The molecule has 0 fully saturated rings. The molecule has 0 atom stereocenters. The Morgan fingerprint density at radius 2 is 2.09 bits per heavy atom. The van der Waals surface area contributed by atoms with Crippen LogP contribution >= 0.6 is 0 Å². The highest BCUT2D eigenvalue weighted by atomic mass is 19.2. The predicted molar refractivity (Wildman–Crippen MR) is 77.4 cm³/mol. The van der Waals surface area contributed by atoms with Crippen molar-refractivity contribution >= 4 is 0 Å². The van der Waals surface area contributed by atoms with Crippen LogP contribution in [0.3, 0.4) is 0 Å². The molecule has 7 heteroatoms.